The molecular formula is C22H40N2O5. The number of aliphatic hydroxyl groups is 1. The van der Waals surface area contributed by atoms with Gasteiger partial charge in [-0.1, -0.05) is 40.0 Å². The number of unbranched alkanes of at least 4 members (excludes halogenated alkanes) is 3. The molecule has 0 aromatic carbocycles. The number of aliphatic hydroxyl groups excluding tert-OH is 1. The van der Waals surface area contributed by atoms with Crippen LogP contribution in [-0.4, -0.2) is 48.2 Å². The van der Waals surface area contributed by atoms with Crippen LogP contribution in [0.5, 0.6) is 0 Å². The predicted octanol–water partition coefficient (Wildman–Crippen LogP) is 3.19. The fourth-order valence-electron chi connectivity index (χ4n) is 3.71. The van der Waals surface area contributed by atoms with Crippen LogP contribution in [-0.2, 0) is 14.3 Å². The number of rotatable bonds is 14. The fraction of sp³-hybridized carbons (Fsp3) is 0.864. The molecule has 7 nitrogen and oxygen atoms in total. The van der Waals surface area contributed by atoms with E-state index in [0.717, 1.165) is 32.1 Å². The zero-order valence-corrected chi connectivity index (χ0v) is 18.5. The Labute approximate surface area is 175 Å². The second-order valence-corrected chi connectivity index (χ2v) is 8.71. The number of Topliss-reactive ketones (excluding diaryl/α,β-unsaturated/α-hetero) is 1. The zero-order chi connectivity index (χ0) is 21.8. The average Bonchev–Trinajstić information content (AvgIpc) is 3.04. The van der Waals surface area contributed by atoms with E-state index in [2.05, 4.69) is 17.6 Å². The van der Waals surface area contributed by atoms with E-state index in [-0.39, 0.29) is 35.9 Å². The molecule has 0 spiro atoms. The molecule has 0 saturated carbocycles. The van der Waals surface area contributed by atoms with Crippen LogP contribution in [0, 0.1) is 17.8 Å². The molecule has 1 fully saturated rings. The van der Waals surface area contributed by atoms with Gasteiger partial charge in [0.2, 0.25) is 5.91 Å². The summed E-state index contributed by atoms with van der Waals surface area (Å²) in [6.45, 7) is 8.75. The SMILES string of the molecule is CCCCCCOC(=O)N[C@@H](CC(C)C)C(=O)C[C@@H](C[C@@H]1CCNC1=O)C(C)O. The largest absolute Gasteiger partial charge is 0.450 e. The van der Waals surface area contributed by atoms with Gasteiger partial charge in [-0.25, -0.2) is 4.79 Å². The molecule has 1 rings (SSSR count). The van der Waals surface area contributed by atoms with Crippen LogP contribution in [0.15, 0.2) is 0 Å². The fourth-order valence-corrected chi connectivity index (χ4v) is 3.71. The monoisotopic (exact) mass is 412 g/mol. The Morgan fingerprint density at radius 2 is 1.97 bits per heavy atom. The van der Waals surface area contributed by atoms with Crippen molar-refractivity contribution in [3.8, 4) is 0 Å². The highest BCUT2D eigenvalue weighted by Crippen LogP contribution is 2.26. The molecule has 4 atom stereocenters. The number of ketones is 1. The maximum atomic E-state index is 12.9. The lowest BCUT2D eigenvalue weighted by Crippen LogP contribution is -2.43. The number of nitrogens with one attached hydrogen (secondary N) is 2. The van der Waals surface area contributed by atoms with Gasteiger partial charge in [-0.15, -0.1) is 0 Å². The van der Waals surface area contributed by atoms with Crippen LogP contribution in [0.4, 0.5) is 4.79 Å². The Morgan fingerprint density at radius 1 is 1.24 bits per heavy atom. The third-order valence-corrected chi connectivity index (χ3v) is 5.51. The molecular weight excluding hydrogens is 372 g/mol. The molecule has 3 N–H and O–H groups in total. The Hall–Kier alpha value is -1.63. The van der Waals surface area contributed by atoms with Gasteiger partial charge in [0.15, 0.2) is 5.78 Å². The van der Waals surface area contributed by atoms with E-state index >= 15 is 0 Å². The van der Waals surface area contributed by atoms with Crippen LogP contribution in [0.1, 0.15) is 79.1 Å². The van der Waals surface area contributed by atoms with Crippen LogP contribution in [0.2, 0.25) is 0 Å². The van der Waals surface area contributed by atoms with Crippen molar-refractivity contribution < 1.29 is 24.2 Å². The molecule has 1 heterocycles. The standard InChI is InChI=1S/C22H40N2O5/c1-5-6-7-8-11-29-22(28)24-19(12-15(2)3)20(26)14-18(16(4)25)13-17-9-10-23-21(17)27/h15-19,25H,5-14H2,1-4H3,(H,23,27)(H,24,28)/t16?,17-,18+,19-/m0/s1. The van der Waals surface area contributed by atoms with Crippen molar-refractivity contribution in [3.63, 3.8) is 0 Å². The van der Waals surface area contributed by atoms with E-state index in [1.54, 1.807) is 6.92 Å². The van der Waals surface area contributed by atoms with Gasteiger partial charge in [0, 0.05) is 18.9 Å². The maximum Gasteiger partial charge on any atom is 0.407 e. The minimum absolute atomic E-state index is 0.00777. The minimum atomic E-state index is -0.697. The summed E-state index contributed by atoms with van der Waals surface area (Å²) in [7, 11) is 0. The number of alkyl carbamates (subject to hydrolysis) is 1. The Kier molecular flexibility index (Phi) is 11.9. The van der Waals surface area contributed by atoms with Crippen molar-refractivity contribution in [3.05, 3.63) is 0 Å². The molecule has 1 saturated heterocycles. The van der Waals surface area contributed by atoms with E-state index < -0.39 is 18.2 Å². The van der Waals surface area contributed by atoms with Crippen molar-refractivity contribution >= 4 is 17.8 Å². The zero-order valence-electron chi connectivity index (χ0n) is 18.5. The van der Waals surface area contributed by atoms with Crippen molar-refractivity contribution in [1.82, 2.24) is 10.6 Å². The van der Waals surface area contributed by atoms with E-state index in [0.29, 0.717) is 26.0 Å². The molecule has 0 bridgehead atoms. The smallest absolute Gasteiger partial charge is 0.407 e. The van der Waals surface area contributed by atoms with E-state index in [4.69, 9.17) is 4.74 Å². The molecule has 1 unspecified atom stereocenters. The summed E-state index contributed by atoms with van der Waals surface area (Å²) in [4.78, 5) is 36.9. The van der Waals surface area contributed by atoms with Gasteiger partial charge in [-0.05, 0) is 44.4 Å². The number of ether oxygens (including phenoxy) is 1. The van der Waals surface area contributed by atoms with Gasteiger partial charge in [-0.2, -0.15) is 0 Å². The summed E-state index contributed by atoms with van der Waals surface area (Å²) in [6.07, 6.45) is 4.65. The number of amides is 2. The van der Waals surface area contributed by atoms with Crippen molar-refractivity contribution in [1.29, 1.82) is 0 Å². The predicted molar refractivity (Wildman–Crippen MR) is 112 cm³/mol. The van der Waals surface area contributed by atoms with Crippen LogP contribution in [0.25, 0.3) is 0 Å². The van der Waals surface area contributed by atoms with Crippen LogP contribution >= 0.6 is 0 Å². The lowest BCUT2D eigenvalue weighted by atomic mass is 9.84. The summed E-state index contributed by atoms with van der Waals surface area (Å²) in [5, 5.41) is 15.7. The molecule has 1 aliphatic rings. The Bertz CT molecular complexity index is 521. The number of carbonyl (C=O) groups is 3. The highest BCUT2D eigenvalue weighted by molar-refractivity contribution is 5.87. The van der Waals surface area contributed by atoms with Crippen molar-refractivity contribution in [2.75, 3.05) is 13.2 Å². The molecule has 7 heteroatoms. The van der Waals surface area contributed by atoms with Gasteiger partial charge in [0.05, 0.1) is 18.8 Å². The summed E-state index contributed by atoms with van der Waals surface area (Å²) in [5.41, 5.74) is 0. The van der Waals surface area contributed by atoms with Gasteiger partial charge in [0.1, 0.15) is 0 Å². The average molecular weight is 413 g/mol. The lowest BCUT2D eigenvalue weighted by Gasteiger charge is -2.25. The lowest BCUT2D eigenvalue weighted by molar-refractivity contribution is -0.126. The van der Waals surface area contributed by atoms with E-state index in [1.165, 1.54) is 0 Å². The van der Waals surface area contributed by atoms with E-state index in [9.17, 15) is 19.5 Å². The normalized spacial score (nSPS) is 19.5. The molecule has 168 valence electrons. The third kappa shape index (κ3) is 10.1. The van der Waals surface area contributed by atoms with Gasteiger partial charge in [-0.3, -0.25) is 9.59 Å². The first-order chi connectivity index (χ1) is 13.7. The first kappa shape index (κ1) is 25.4. The summed E-state index contributed by atoms with van der Waals surface area (Å²) in [6, 6.07) is -0.642. The molecule has 0 aromatic rings. The molecule has 0 aromatic heterocycles. The second-order valence-electron chi connectivity index (χ2n) is 8.71. The molecule has 0 aliphatic carbocycles. The third-order valence-electron chi connectivity index (χ3n) is 5.51. The second kappa shape index (κ2) is 13.6. The Balaban J connectivity index is 2.60. The summed E-state index contributed by atoms with van der Waals surface area (Å²) < 4.78 is 5.22. The van der Waals surface area contributed by atoms with E-state index in [1.807, 2.05) is 13.8 Å². The summed E-state index contributed by atoms with van der Waals surface area (Å²) >= 11 is 0. The minimum Gasteiger partial charge on any atom is -0.450 e. The van der Waals surface area contributed by atoms with Gasteiger partial charge in [0.25, 0.3) is 0 Å². The molecule has 29 heavy (non-hydrogen) atoms. The maximum absolute atomic E-state index is 12.9. The van der Waals surface area contributed by atoms with Crippen molar-refractivity contribution in [2.24, 2.45) is 17.8 Å². The highest BCUT2D eigenvalue weighted by atomic mass is 16.5. The van der Waals surface area contributed by atoms with Crippen LogP contribution in [0.3, 0.4) is 0 Å². The number of carbonyl (C=O) groups excluding carboxylic acids is 3. The first-order valence-electron chi connectivity index (χ1n) is 11.2. The Morgan fingerprint density at radius 3 is 2.52 bits per heavy atom. The molecule has 1 aliphatic heterocycles. The van der Waals surface area contributed by atoms with Crippen LogP contribution < -0.4 is 10.6 Å². The first-order valence-corrected chi connectivity index (χ1v) is 11.2. The van der Waals surface area contributed by atoms with Gasteiger partial charge >= 0.3 is 6.09 Å². The van der Waals surface area contributed by atoms with Gasteiger partial charge < -0.3 is 20.5 Å². The quantitative estimate of drug-likeness (QED) is 0.380. The molecule has 0 radical (unpaired) electrons. The molecule has 2 amide bonds. The topological polar surface area (TPSA) is 105 Å². The summed E-state index contributed by atoms with van der Waals surface area (Å²) in [5.74, 6) is -0.373. The van der Waals surface area contributed by atoms with Crippen molar-refractivity contribution in [2.45, 2.75) is 91.2 Å². The number of hydrogen-bond acceptors (Lipinski definition) is 5. The number of hydrogen-bond donors (Lipinski definition) is 3. The highest BCUT2D eigenvalue weighted by Gasteiger charge is 2.32.